The molecule has 0 aliphatic rings. The van der Waals surface area contributed by atoms with Crippen molar-refractivity contribution >= 4 is 0 Å². The van der Waals surface area contributed by atoms with E-state index in [1.807, 2.05) is 6.07 Å². The lowest BCUT2D eigenvalue weighted by molar-refractivity contribution is 0.215. The molecule has 0 spiro atoms. The molecule has 0 aromatic heterocycles. The van der Waals surface area contributed by atoms with Gasteiger partial charge >= 0.3 is 0 Å². The Morgan fingerprint density at radius 1 is 0.933 bits per heavy atom. The van der Waals surface area contributed by atoms with Crippen molar-refractivity contribution in [1.29, 1.82) is 5.26 Å². The van der Waals surface area contributed by atoms with Crippen molar-refractivity contribution in [2.45, 2.75) is 77.2 Å². The molecule has 0 unspecified atom stereocenters. The van der Waals surface area contributed by atoms with Gasteiger partial charge in [-0.1, -0.05) is 58.3 Å². The van der Waals surface area contributed by atoms with Gasteiger partial charge < -0.3 is 5.11 Å². The molecule has 0 heterocycles. The Bertz CT molecular complexity index is 162. The summed E-state index contributed by atoms with van der Waals surface area (Å²) in [5.41, 5.74) is 0. The SMILES string of the molecule is CCCCCCCCCCC[C@H](O)C#N. The van der Waals surface area contributed by atoms with E-state index in [0.717, 1.165) is 12.8 Å². The number of nitriles is 1. The summed E-state index contributed by atoms with van der Waals surface area (Å²) in [6.07, 6.45) is 11.4. The smallest absolute Gasteiger partial charge is 0.140 e. The van der Waals surface area contributed by atoms with Crippen LogP contribution in [0.5, 0.6) is 0 Å². The summed E-state index contributed by atoms with van der Waals surface area (Å²) in [5, 5.41) is 17.4. The van der Waals surface area contributed by atoms with Crippen LogP contribution in [0.25, 0.3) is 0 Å². The van der Waals surface area contributed by atoms with Crippen LogP contribution in [0.2, 0.25) is 0 Å². The summed E-state index contributed by atoms with van der Waals surface area (Å²) in [4.78, 5) is 0. The van der Waals surface area contributed by atoms with Crippen LogP contribution in [0.1, 0.15) is 71.1 Å². The second-order valence-corrected chi connectivity index (χ2v) is 4.26. The fraction of sp³-hybridized carbons (Fsp3) is 0.923. The Morgan fingerprint density at radius 3 is 1.87 bits per heavy atom. The van der Waals surface area contributed by atoms with Gasteiger partial charge in [-0.25, -0.2) is 0 Å². The number of hydrogen-bond donors (Lipinski definition) is 1. The van der Waals surface area contributed by atoms with Gasteiger partial charge in [-0.2, -0.15) is 5.26 Å². The van der Waals surface area contributed by atoms with Crippen LogP contribution < -0.4 is 0 Å². The molecule has 0 fully saturated rings. The lowest BCUT2D eigenvalue weighted by Crippen LogP contribution is -2.01. The van der Waals surface area contributed by atoms with E-state index in [1.165, 1.54) is 44.9 Å². The monoisotopic (exact) mass is 211 g/mol. The molecule has 0 amide bonds. The number of aliphatic hydroxyl groups excluding tert-OH is 1. The molecule has 15 heavy (non-hydrogen) atoms. The molecule has 0 radical (unpaired) electrons. The Labute approximate surface area is 94.3 Å². The summed E-state index contributed by atoms with van der Waals surface area (Å²) in [5.74, 6) is 0. The second kappa shape index (κ2) is 11.5. The average molecular weight is 211 g/mol. The largest absolute Gasteiger partial charge is 0.378 e. The molecule has 0 aromatic rings. The minimum absolute atomic E-state index is 0.645. The van der Waals surface area contributed by atoms with Crippen molar-refractivity contribution in [3.05, 3.63) is 0 Å². The number of aliphatic hydroxyl groups is 1. The highest BCUT2D eigenvalue weighted by atomic mass is 16.3. The van der Waals surface area contributed by atoms with Crippen LogP contribution in [-0.2, 0) is 0 Å². The van der Waals surface area contributed by atoms with Gasteiger partial charge in [0.2, 0.25) is 0 Å². The number of nitrogens with zero attached hydrogens (tertiary/aromatic N) is 1. The predicted octanol–water partition coefficient (Wildman–Crippen LogP) is 3.79. The zero-order valence-corrected chi connectivity index (χ0v) is 10.0. The molecule has 0 saturated heterocycles. The molecular formula is C13H25NO. The summed E-state index contributed by atoms with van der Waals surface area (Å²) >= 11 is 0. The Balaban J connectivity index is 2.96. The highest BCUT2D eigenvalue weighted by Gasteiger charge is 1.99. The van der Waals surface area contributed by atoms with Crippen LogP contribution in [0.3, 0.4) is 0 Å². The maximum atomic E-state index is 9.00. The van der Waals surface area contributed by atoms with Gasteiger partial charge in [0, 0.05) is 0 Å². The van der Waals surface area contributed by atoms with Gasteiger partial charge in [0.15, 0.2) is 0 Å². The van der Waals surface area contributed by atoms with E-state index in [0.29, 0.717) is 6.42 Å². The third-order valence-electron chi connectivity index (χ3n) is 2.73. The van der Waals surface area contributed by atoms with Crippen LogP contribution in [0.4, 0.5) is 0 Å². The molecule has 0 aliphatic carbocycles. The number of unbranched alkanes of at least 4 members (excludes halogenated alkanes) is 8. The molecular weight excluding hydrogens is 186 g/mol. The van der Waals surface area contributed by atoms with E-state index in [4.69, 9.17) is 10.4 Å². The van der Waals surface area contributed by atoms with Crippen molar-refractivity contribution in [1.82, 2.24) is 0 Å². The average Bonchev–Trinajstić information content (AvgIpc) is 2.26. The van der Waals surface area contributed by atoms with Crippen molar-refractivity contribution in [3.8, 4) is 6.07 Å². The van der Waals surface area contributed by atoms with Crippen molar-refractivity contribution in [3.63, 3.8) is 0 Å². The predicted molar refractivity (Wildman–Crippen MR) is 63.5 cm³/mol. The first-order chi connectivity index (χ1) is 7.31. The highest BCUT2D eigenvalue weighted by molar-refractivity contribution is 4.81. The van der Waals surface area contributed by atoms with Crippen LogP contribution >= 0.6 is 0 Å². The minimum Gasteiger partial charge on any atom is -0.378 e. The molecule has 0 aliphatic heterocycles. The minimum atomic E-state index is -0.741. The fourth-order valence-corrected chi connectivity index (χ4v) is 1.71. The van der Waals surface area contributed by atoms with E-state index < -0.39 is 6.10 Å². The van der Waals surface area contributed by atoms with Gasteiger partial charge in [0.05, 0.1) is 6.07 Å². The first-order valence-electron chi connectivity index (χ1n) is 6.39. The zero-order valence-electron chi connectivity index (χ0n) is 10.0. The van der Waals surface area contributed by atoms with Crippen molar-refractivity contribution in [2.24, 2.45) is 0 Å². The first-order valence-corrected chi connectivity index (χ1v) is 6.39. The summed E-state index contributed by atoms with van der Waals surface area (Å²) in [6.45, 7) is 2.24. The van der Waals surface area contributed by atoms with E-state index in [2.05, 4.69) is 6.92 Å². The van der Waals surface area contributed by atoms with Crippen LogP contribution in [0, 0.1) is 11.3 Å². The second-order valence-electron chi connectivity index (χ2n) is 4.26. The first kappa shape index (κ1) is 14.5. The van der Waals surface area contributed by atoms with Gasteiger partial charge in [-0.15, -0.1) is 0 Å². The van der Waals surface area contributed by atoms with E-state index in [9.17, 15) is 0 Å². The van der Waals surface area contributed by atoms with E-state index >= 15 is 0 Å². The van der Waals surface area contributed by atoms with Crippen molar-refractivity contribution in [2.75, 3.05) is 0 Å². The molecule has 0 aromatic carbocycles. The topological polar surface area (TPSA) is 44.0 Å². The molecule has 88 valence electrons. The quantitative estimate of drug-likeness (QED) is 0.441. The molecule has 1 atom stereocenters. The van der Waals surface area contributed by atoms with Crippen LogP contribution in [0.15, 0.2) is 0 Å². The normalized spacial score (nSPS) is 12.3. The third-order valence-corrected chi connectivity index (χ3v) is 2.73. The lowest BCUT2D eigenvalue weighted by Gasteiger charge is -2.02. The number of rotatable bonds is 10. The van der Waals surface area contributed by atoms with E-state index in [1.54, 1.807) is 0 Å². The molecule has 0 saturated carbocycles. The van der Waals surface area contributed by atoms with Gasteiger partial charge in [0.1, 0.15) is 6.10 Å². The number of hydrogen-bond acceptors (Lipinski definition) is 2. The van der Waals surface area contributed by atoms with Crippen LogP contribution in [-0.4, -0.2) is 11.2 Å². The van der Waals surface area contributed by atoms with E-state index in [-0.39, 0.29) is 0 Å². The molecule has 0 bridgehead atoms. The highest BCUT2D eigenvalue weighted by Crippen LogP contribution is 2.11. The third kappa shape index (κ3) is 11.4. The molecule has 1 N–H and O–H groups in total. The fourth-order valence-electron chi connectivity index (χ4n) is 1.71. The Morgan fingerprint density at radius 2 is 1.40 bits per heavy atom. The van der Waals surface area contributed by atoms with Gasteiger partial charge in [-0.05, 0) is 12.8 Å². The Kier molecular flexibility index (Phi) is 11.1. The van der Waals surface area contributed by atoms with Gasteiger partial charge in [-0.3, -0.25) is 0 Å². The maximum Gasteiger partial charge on any atom is 0.140 e. The summed E-state index contributed by atoms with van der Waals surface area (Å²) in [6, 6.07) is 1.85. The lowest BCUT2D eigenvalue weighted by atomic mass is 10.1. The maximum absolute atomic E-state index is 9.00. The Hall–Kier alpha value is -0.550. The van der Waals surface area contributed by atoms with Crippen molar-refractivity contribution < 1.29 is 5.11 Å². The summed E-state index contributed by atoms with van der Waals surface area (Å²) in [7, 11) is 0. The standard InChI is InChI=1S/C13H25NO/c1-2-3-4-5-6-7-8-9-10-11-13(15)12-14/h13,15H,2-11H2,1H3/t13-/m0/s1. The summed E-state index contributed by atoms with van der Waals surface area (Å²) < 4.78 is 0. The van der Waals surface area contributed by atoms with Gasteiger partial charge in [0.25, 0.3) is 0 Å². The molecule has 2 heteroatoms. The molecule has 2 nitrogen and oxygen atoms in total. The molecule has 0 rings (SSSR count). The zero-order chi connectivity index (χ0) is 11.4.